The molecule has 3 nitrogen and oxygen atoms in total. The van der Waals surface area contributed by atoms with Crippen LogP contribution in [0.5, 0.6) is 0 Å². The molecule has 0 aromatic heterocycles. The average Bonchev–Trinajstić information content (AvgIpc) is 3.35. The Labute approximate surface area is 123 Å². The smallest absolute Gasteiger partial charge is 0.194 e. The van der Waals surface area contributed by atoms with Gasteiger partial charge in [-0.1, -0.05) is 30.3 Å². The van der Waals surface area contributed by atoms with Crippen molar-refractivity contribution in [3.05, 3.63) is 70.3 Å². The SMILES string of the molecule is O=C1c2ccccc2C(=O)c2cc(CNC3CC3)ccc21. The summed E-state index contributed by atoms with van der Waals surface area (Å²) in [6.45, 7) is 0.751. The lowest BCUT2D eigenvalue weighted by Crippen LogP contribution is -2.22. The van der Waals surface area contributed by atoms with E-state index in [0.717, 1.165) is 12.1 Å². The third-order valence-electron chi connectivity index (χ3n) is 4.16. The van der Waals surface area contributed by atoms with Crippen molar-refractivity contribution in [2.45, 2.75) is 25.4 Å². The Morgan fingerprint density at radius 1 is 0.857 bits per heavy atom. The number of ketones is 2. The van der Waals surface area contributed by atoms with Gasteiger partial charge in [-0.05, 0) is 30.5 Å². The maximum absolute atomic E-state index is 12.6. The van der Waals surface area contributed by atoms with E-state index in [1.807, 2.05) is 12.1 Å². The number of hydrogen-bond acceptors (Lipinski definition) is 3. The van der Waals surface area contributed by atoms with Gasteiger partial charge >= 0.3 is 0 Å². The maximum atomic E-state index is 12.6. The third kappa shape index (κ3) is 2.10. The maximum Gasteiger partial charge on any atom is 0.194 e. The molecule has 0 aliphatic heterocycles. The molecule has 0 spiro atoms. The molecule has 1 saturated carbocycles. The summed E-state index contributed by atoms with van der Waals surface area (Å²) in [5.41, 5.74) is 3.14. The van der Waals surface area contributed by atoms with Crippen molar-refractivity contribution in [2.75, 3.05) is 0 Å². The molecule has 1 fully saturated rings. The van der Waals surface area contributed by atoms with Gasteiger partial charge in [0.1, 0.15) is 0 Å². The number of fused-ring (bicyclic) bond motifs is 2. The summed E-state index contributed by atoms with van der Waals surface area (Å²) in [4.78, 5) is 25.1. The molecule has 2 aromatic carbocycles. The van der Waals surface area contributed by atoms with Crippen LogP contribution in [0, 0.1) is 0 Å². The van der Waals surface area contributed by atoms with Crippen molar-refractivity contribution in [3.63, 3.8) is 0 Å². The van der Waals surface area contributed by atoms with Crippen molar-refractivity contribution >= 4 is 11.6 Å². The van der Waals surface area contributed by atoms with Crippen molar-refractivity contribution in [1.82, 2.24) is 5.32 Å². The lowest BCUT2D eigenvalue weighted by molar-refractivity contribution is 0.0979. The van der Waals surface area contributed by atoms with Crippen LogP contribution in [-0.2, 0) is 6.54 Å². The van der Waals surface area contributed by atoms with E-state index in [1.165, 1.54) is 12.8 Å². The van der Waals surface area contributed by atoms with Gasteiger partial charge in [0.25, 0.3) is 0 Å². The highest BCUT2D eigenvalue weighted by Gasteiger charge is 2.29. The van der Waals surface area contributed by atoms with Gasteiger partial charge in [-0.3, -0.25) is 9.59 Å². The predicted molar refractivity (Wildman–Crippen MR) is 79.6 cm³/mol. The summed E-state index contributed by atoms with van der Waals surface area (Å²) >= 11 is 0. The Balaban J connectivity index is 1.73. The van der Waals surface area contributed by atoms with Crippen LogP contribution in [0.2, 0.25) is 0 Å². The molecule has 2 aliphatic rings. The van der Waals surface area contributed by atoms with Crippen molar-refractivity contribution in [3.8, 4) is 0 Å². The van der Waals surface area contributed by atoms with Gasteiger partial charge in [-0.25, -0.2) is 0 Å². The summed E-state index contributed by atoms with van der Waals surface area (Å²) < 4.78 is 0. The van der Waals surface area contributed by atoms with Crippen LogP contribution in [0.3, 0.4) is 0 Å². The third-order valence-corrected chi connectivity index (χ3v) is 4.16. The van der Waals surface area contributed by atoms with Gasteiger partial charge in [-0.15, -0.1) is 0 Å². The highest BCUT2D eigenvalue weighted by atomic mass is 16.1. The zero-order valence-electron chi connectivity index (χ0n) is 11.6. The van der Waals surface area contributed by atoms with Crippen LogP contribution in [0.25, 0.3) is 0 Å². The number of rotatable bonds is 3. The normalized spacial score (nSPS) is 16.6. The Kier molecular flexibility index (Phi) is 2.76. The standard InChI is InChI=1S/C18H15NO2/c20-17-13-3-1-2-4-14(13)18(21)16-9-11(5-8-15(16)17)10-19-12-6-7-12/h1-5,8-9,12,19H,6-7,10H2. The van der Waals surface area contributed by atoms with Crippen LogP contribution in [0.4, 0.5) is 0 Å². The van der Waals surface area contributed by atoms with Gasteiger partial charge in [0.2, 0.25) is 0 Å². The zero-order chi connectivity index (χ0) is 14.4. The number of carbonyl (C=O) groups excluding carboxylic acids is 2. The first-order valence-electron chi connectivity index (χ1n) is 7.29. The Bertz CT molecular complexity index is 760. The summed E-state index contributed by atoms with van der Waals surface area (Å²) in [6.07, 6.45) is 2.46. The zero-order valence-corrected chi connectivity index (χ0v) is 11.6. The summed E-state index contributed by atoms with van der Waals surface area (Å²) in [7, 11) is 0. The monoisotopic (exact) mass is 277 g/mol. The molecule has 104 valence electrons. The molecule has 4 rings (SSSR count). The Hall–Kier alpha value is -2.26. The summed E-state index contributed by atoms with van der Waals surface area (Å²) in [5, 5.41) is 3.43. The van der Waals surface area contributed by atoms with E-state index in [-0.39, 0.29) is 11.6 Å². The van der Waals surface area contributed by atoms with Gasteiger partial charge in [0.05, 0.1) is 0 Å². The molecule has 0 unspecified atom stereocenters. The fourth-order valence-electron chi connectivity index (χ4n) is 2.81. The Morgan fingerprint density at radius 3 is 2.14 bits per heavy atom. The first-order chi connectivity index (χ1) is 10.2. The van der Waals surface area contributed by atoms with Crippen LogP contribution in [0.1, 0.15) is 50.2 Å². The van der Waals surface area contributed by atoms with Crippen LogP contribution >= 0.6 is 0 Å². The highest BCUT2D eigenvalue weighted by Crippen LogP contribution is 2.28. The second-order valence-electron chi connectivity index (χ2n) is 5.74. The van der Waals surface area contributed by atoms with E-state index in [0.29, 0.717) is 28.3 Å². The van der Waals surface area contributed by atoms with Crippen molar-refractivity contribution in [1.29, 1.82) is 0 Å². The number of benzene rings is 2. The average molecular weight is 277 g/mol. The molecular formula is C18H15NO2. The van der Waals surface area contributed by atoms with E-state index in [2.05, 4.69) is 5.32 Å². The van der Waals surface area contributed by atoms with Gasteiger partial charge in [0.15, 0.2) is 11.6 Å². The van der Waals surface area contributed by atoms with Crippen LogP contribution in [0.15, 0.2) is 42.5 Å². The van der Waals surface area contributed by atoms with E-state index < -0.39 is 0 Å². The minimum absolute atomic E-state index is 0.0477. The number of carbonyl (C=O) groups is 2. The highest BCUT2D eigenvalue weighted by molar-refractivity contribution is 6.28. The molecule has 21 heavy (non-hydrogen) atoms. The fourth-order valence-corrected chi connectivity index (χ4v) is 2.81. The first kappa shape index (κ1) is 12.5. The molecule has 0 saturated heterocycles. The number of hydrogen-bond donors (Lipinski definition) is 1. The molecule has 2 aliphatic carbocycles. The minimum atomic E-state index is -0.0538. The van der Waals surface area contributed by atoms with E-state index in [9.17, 15) is 9.59 Å². The molecule has 0 radical (unpaired) electrons. The fraction of sp³-hybridized carbons (Fsp3) is 0.222. The van der Waals surface area contributed by atoms with Crippen LogP contribution in [-0.4, -0.2) is 17.6 Å². The molecule has 0 bridgehead atoms. The lowest BCUT2D eigenvalue weighted by Gasteiger charge is -2.18. The predicted octanol–water partition coefficient (Wildman–Crippen LogP) is 2.71. The Morgan fingerprint density at radius 2 is 1.48 bits per heavy atom. The second kappa shape index (κ2) is 4.64. The van der Waals surface area contributed by atoms with Gasteiger partial charge in [-0.2, -0.15) is 0 Å². The molecule has 0 heterocycles. The molecule has 2 aromatic rings. The summed E-state index contributed by atoms with van der Waals surface area (Å²) in [6, 6.07) is 13.3. The van der Waals surface area contributed by atoms with E-state index >= 15 is 0 Å². The minimum Gasteiger partial charge on any atom is -0.310 e. The molecule has 0 amide bonds. The van der Waals surface area contributed by atoms with Crippen molar-refractivity contribution < 1.29 is 9.59 Å². The van der Waals surface area contributed by atoms with Gasteiger partial charge < -0.3 is 5.32 Å². The molecular weight excluding hydrogens is 262 g/mol. The van der Waals surface area contributed by atoms with E-state index in [1.54, 1.807) is 30.3 Å². The molecule has 0 atom stereocenters. The lowest BCUT2D eigenvalue weighted by atomic mass is 9.83. The largest absolute Gasteiger partial charge is 0.310 e. The quantitative estimate of drug-likeness (QED) is 0.800. The second-order valence-corrected chi connectivity index (χ2v) is 5.74. The number of nitrogens with one attached hydrogen (secondary N) is 1. The summed E-state index contributed by atoms with van der Waals surface area (Å²) in [5.74, 6) is -0.102. The van der Waals surface area contributed by atoms with Crippen LogP contribution < -0.4 is 5.32 Å². The first-order valence-corrected chi connectivity index (χ1v) is 7.29. The molecule has 1 N–H and O–H groups in total. The van der Waals surface area contributed by atoms with E-state index in [4.69, 9.17) is 0 Å². The topological polar surface area (TPSA) is 46.2 Å². The molecule has 3 heteroatoms. The van der Waals surface area contributed by atoms with Gasteiger partial charge in [0, 0.05) is 34.8 Å². The van der Waals surface area contributed by atoms with Crippen molar-refractivity contribution in [2.24, 2.45) is 0 Å².